The van der Waals surface area contributed by atoms with Gasteiger partial charge in [0.15, 0.2) is 5.78 Å². The number of carbonyl (C=O) groups is 1. The molecule has 0 aliphatic rings. The van der Waals surface area contributed by atoms with Gasteiger partial charge in [-0.1, -0.05) is 12.1 Å². The maximum atomic E-state index is 12.1. The lowest BCUT2D eigenvalue weighted by Crippen LogP contribution is -2.35. The van der Waals surface area contributed by atoms with Gasteiger partial charge in [0.05, 0.1) is 11.5 Å². The summed E-state index contributed by atoms with van der Waals surface area (Å²) < 4.78 is 31.9. The number of benzene rings is 1. The summed E-state index contributed by atoms with van der Waals surface area (Å²) in [5.74, 6) is -0.167. The van der Waals surface area contributed by atoms with Gasteiger partial charge < -0.3 is 4.74 Å². The molecule has 0 saturated heterocycles. The Labute approximate surface area is 114 Å². The van der Waals surface area contributed by atoms with E-state index in [0.29, 0.717) is 18.8 Å². The van der Waals surface area contributed by atoms with Crippen molar-refractivity contribution in [2.75, 3.05) is 13.2 Å². The Kier molecular flexibility index (Phi) is 5.65. The quantitative estimate of drug-likeness (QED) is 0.772. The number of carbonyl (C=O) groups excluding carboxylic acids is 1. The molecule has 5 nitrogen and oxygen atoms in total. The van der Waals surface area contributed by atoms with Crippen LogP contribution in [0.3, 0.4) is 0 Å². The van der Waals surface area contributed by atoms with Gasteiger partial charge in [0, 0.05) is 18.2 Å². The molecule has 0 heterocycles. The molecule has 0 aromatic heterocycles. The average molecular weight is 285 g/mol. The molecule has 1 atom stereocenters. The Morgan fingerprint density at radius 3 is 2.68 bits per heavy atom. The summed E-state index contributed by atoms with van der Waals surface area (Å²) in [4.78, 5) is 11.3. The third-order valence-electron chi connectivity index (χ3n) is 2.48. The van der Waals surface area contributed by atoms with Crippen molar-refractivity contribution in [2.45, 2.75) is 31.7 Å². The maximum absolute atomic E-state index is 12.1. The van der Waals surface area contributed by atoms with E-state index >= 15 is 0 Å². The van der Waals surface area contributed by atoms with Gasteiger partial charge in [-0.15, -0.1) is 0 Å². The number of rotatable bonds is 7. The fourth-order valence-corrected chi connectivity index (χ4v) is 2.82. The molecule has 0 aliphatic carbocycles. The van der Waals surface area contributed by atoms with Crippen molar-refractivity contribution in [1.29, 1.82) is 0 Å². The van der Waals surface area contributed by atoms with Crippen molar-refractivity contribution in [3.8, 4) is 0 Å². The van der Waals surface area contributed by atoms with Gasteiger partial charge in [-0.25, -0.2) is 13.1 Å². The zero-order valence-corrected chi connectivity index (χ0v) is 12.2. The monoisotopic (exact) mass is 285 g/mol. The van der Waals surface area contributed by atoms with Gasteiger partial charge in [-0.05, 0) is 32.9 Å². The first-order valence-corrected chi connectivity index (χ1v) is 7.56. The number of Topliss-reactive ketones (excluding diaryl/α,β-unsaturated/α-hetero) is 1. The van der Waals surface area contributed by atoms with Crippen LogP contribution in [0.5, 0.6) is 0 Å². The topological polar surface area (TPSA) is 72.5 Å². The van der Waals surface area contributed by atoms with Crippen LogP contribution in [0.2, 0.25) is 0 Å². The molecule has 106 valence electrons. The van der Waals surface area contributed by atoms with Gasteiger partial charge in [0.2, 0.25) is 10.0 Å². The predicted octanol–water partition coefficient (Wildman–Crippen LogP) is 1.59. The van der Waals surface area contributed by atoms with Crippen LogP contribution in [0.15, 0.2) is 29.2 Å². The standard InChI is InChI=1S/C13H19NO4S/c1-4-18-9-10(2)14-19(16,17)13-7-5-6-12(8-13)11(3)15/h5-8,10,14H,4,9H2,1-3H3. The molecule has 0 amide bonds. The Hall–Kier alpha value is -1.24. The number of hydrogen-bond acceptors (Lipinski definition) is 4. The Bertz CT molecular complexity index is 539. The summed E-state index contributed by atoms with van der Waals surface area (Å²) in [6, 6.07) is 5.65. The van der Waals surface area contributed by atoms with E-state index in [1.54, 1.807) is 19.1 Å². The van der Waals surface area contributed by atoms with Gasteiger partial charge in [0.1, 0.15) is 0 Å². The second kappa shape index (κ2) is 6.79. The van der Waals surface area contributed by atoms with Crippen molar-refractivity contribution in [3.05, 3.63) is 29.8 Å². The van der Waals surface area contributed by atoms with Crippen molar-refractivity contribution in [3.63, 3.8) is 0 Å². The third kappa shape index (κ3) is 4.74. The molecule has 1 N–H and O–H groups in total. The predicted molar refractivity (Wildman–Crippen MR) is 72.7 cm³/mol. The van der Waals surface area contributed by atoms with E-state index in [-0.39, 0.29) is 16.7 Å². The lowest BCUT2D eigenvalue weighted by atomic mass is 10.2. The molecule has 1 unspecified atom stereocenters. The molecule has 6 heteroatoms. The number of hydrogen-bond donors (Lipinski definition) is 1. The summed E-state index contributed by atoms with van der Waals surface area (Å²) in [6.45, 7) is 5.81. The van der Waals surface area contributed by atoms with Crippen molar-refractivity contribution in [2.24, 2.45) is 0 Å². The minimum absolute atomic E-state index is 0.0866. The summed E-state index contributed by atoms with van der Waals surface area (Å²) in [5.41, 5.74) is 0.375. The van der Waals surface area contributed by atoms with Crippen molar-refractivity contribution >= 4 is 15.8 Å². The fraction of sp³-hybridized carbons (Fsp3) is 0.462. The van der Waals surface area contributed by atoms with Crippen LogP contribution >= 0.6 is 0 Å². The first-order chi connectivity index (χ1) is 8.86. The maximum Gasteiger partial charge on any atom is 0.240 e. The zero-order valence-electron chi connectivity index (χ0n) is 11.3. The molecule has 1 aromatic carbocycles. The summed E-state index contributed by atoms with van der Waals surface area (Å²) in [5, 5.41) is 0. The number of ether oxygens (including phenoxy) is 1. The van der Waals surface area contributed by atoms with Crippen molar-refractivity contribution in [1.82, 2.24) is 4.72 Å². The highest BCUT2D eigenvalue weighted by molar-refractivity contribution is 7.89. The highest BCUT2D eigenvalue weighted by Gasteiger charge is 2.18. The van der Waals surface area contributed by atoms with Gasteiger partial charge >= 0.3 is 0 Å². The van der Waals surface area contributed by atoms with Crippen LogP contribution in [-0.4, -0.2) is 33.5 Å². The van der Waals surface area contributed by atoms with E-state index in [9.17, 15) is 13.2 Å². The second-order valence-electron chi connectivity index (χ2n) is 4.27. The molecule has 0 fully saturated rings. The minimum Gasteiger partial charge on any atom is -0.380 e. The number of sulfonamides is 1. The second-order valence-corrected chi connectivity index (χ2v) is 5.98. The first kappa shape index (κ1) is 15.8. The first-order valence-electron chi connectivity index (χ1n) is 6.08. The minimum atomic E-state index is -3.63. The molecule has 1 rings (SSSR count). The highest BCUT2D eigenvalue weighted by Crippen LogP contribution is 2.12. The van der Waals surface area contributed by atoms with Crippen LogP contribution in [0.25, 0.3) is 0 Å². The molecule has 0 aliphatic heterocycles. The van der Waals surface area contributed by atoms with Crippen LogP contribution in [0.4, 0.5) is 0 Å². The largest absolute Gasteiger partial charge is 0.380 e. The molecule has 1 aromatic rings. The lowest BCUT2D eigenvalue weighted by Gasteiger charge is -2.14. The highest BCUT2D eigenvalue weighted by atomic mass is 32.2. The smallest absolute Gasteiger partial charge is 0.240 e. The third-order valence-corrected chi connectivity index (χ3v) is 4.07. The van der Waals surface area contributed by atoms with E-state index in [1.807, 2.05) is 6.92 Å². The SMILES string of the molecule is CCOCC(C)NS(=O)(=O)c1cccc(C(C)=O)c1. The summed E-state index contributed by atoms with van der Waals surface area (Å²) >= 11 is 0. The van der Waals surface area contributed by atoms with Gasteiger partial charge in [-0.3, -0.25) is 4.79 Å². The molecule has 0 spiro atoms. The zero-order chi connectivity index (χ0) is 14.5. The average Bonchev–Trinajstić information content (AvgIpc) is 2.36. The van der Waals surface area contributed by atoms with Gasteiger partial charge in [0.25, 0.3) is 0 Å². The molecular weight excluding hydrogens is 266 g/mol. The van der Waals surface area contributed by atoms with E-state index in [1.165, 1.54) is 19.1 Å². The van der Waals surface area contributed by atoms with E-state index in [2.05, 4.69) is 4.72 Å². The van der Waals surface area contributed by atoms with Crippen molar-refractivity contribution < 1.29 is 17.9 Å². The van der Waals surface area contributed by atoms with E-state index in [0.717, 1.165) is 0 Å². The Morgan fingerprint density at radius 2 is 2.11 bits per heavy atom. The Balaban J connectivity index is 2.88. The van der Waals surface area contributed by atoms with E-state index < -0.39 is 10.0 Å². The molecule has 0 radical (unpaired) electrons. The van der Waals surface area contributed by atoms with Crippen LogP contribution in [0, 0.1) is 0 Å². The van der Waals surface area contributed by atoms with Crippen LogP contribution in [-0.2, 0) is 14.8 Å². The normalized spacial score (nSPS) is 13.2. The van der Waals surface area contributed by atoms with E-state index in [4.69, 9.17) is 4.74 Å². The number of nitrogens with one attached hydrogen (secondary N) is 1. The fourth-order valence-electron chi connectivity index (χ4n) is 1.54. The van der Waals surface area contributed by atoms with Crippen LogP contribution in [0.1, 0.15) is 31.1 Å². The lowest BCUT2D eigenvalue weighted by molar-refractivity contribution is 0.101. The Morgan fingerprint density at radius 1 is 1.42 bits per heavy atom. The molecule has 0 bridgehead atoms. The molecule has 0 saturated carbocycles. The summed E-state index contributed by atoms with van der Waals surface area (Å²) in [7, 11) is -3.63. The van der Waals surface area contributed by atoms with Gasteiger partial charge in [-0.2, -0.15) is 0 Å². The molecular formula is C13H19NO4S. The molecule has 19 heavy (non-hydrogen) atoms. The number of ketones is 1. The summed E-state index contributed by atoms with van der Waals surface area (Å²) in [6.07, 6.45) is 0. The van der Waals surface area contributed by atoms with Crippen LogP contribution < -0.4 is 4.72 Å².